The van der Waals surface area contributed by atoms with Crippen LogP contribution in [-0.2, 0) is 0 Å². The maximum Gasteiger partial charge on any atom is 0.185 e. The summed E-state index contributed by atoms with van der Waals surface area (Å²) in [5, 5.41) is 0. The van der Waals surface area contributed by atoms with Crippen LogP contribution >= 0.6 is 0 Å². The second kappa shape index (κ2) is 5.09. The minimum Gasteiger partial charge on any atom is -0.289 e. The highest BCUT2D eigenvalue weighted by molar-refractivity contribution is 6.04. The Kier molecular flexibility index (Phi) is 3.71. The van der Waals surface area contributed by atoms with Crippen molar-refractivity contribution in [3.8, 4) is 0 Å². The molecule has 0 amide bonds. The maximum absolute atomic E-state index is 11.4. The zero-order valence-electron chi connectivity index (χ0n) is 7.60. The SMILES string of the molecule is C/C=C/C=C/C(=O)c1ccccc1. The number of rotatable bonds is 3. The van der Waals surface area contributed by atoms with E-state index in [9.17, 15) is 4.79 Å². The van der Waals surface area contributed by atoms with Crippen LogP contribution in [-0.4, -0.2) is 5.78 Å². The minimum atomic E-state index is 0.0405. The van der Waals surface area contributed by atoms with Crippen LogP contribution in [0.2, 0.25) is 0 Å². The fourth-order valence-electron chi connectivity index (χ4n) is 0.953. The molecule has 1 rings (SSSR count). The molecule has 0 heterocycles. The molecule has 0 aromatic heterocycles. The molecular formula is C12H12O. The Morgan fingerprint density at radius 1 is 1.15 bits per heavy atom. The van der Waals surface area contributed by atoms with Crippen LogP contribution in [0.15, 0.2) is 54.6 Å². The quantitative estimate of drug-likeness (QED) is 0.389. The molecule has 0 atom stereocenters. The predicted molar refractivity (Wildman–Crippen MR) is 54.7 cm³/mol. The van der Waals surface area contributed by atoms with E-state index in [1.807, 2.05) is 49.4 Å². The standard InChI is InChI=1S/C12H12O/c1-2-3-5-10-12(13)11-8-6-4-7-9-11/h2-10H,1H3/b3-2+,10-5+. The van der Waals surface area contributed by atoms with Crippen LogP contribution in [0.5, 0.6) is 0 Å². The van der Waals surface area contributed by atoms with Crippen molar-refractivity contribution in [1.29, 1.82) is 0 Å². The van der Waals surface area contributed by atoms with Crippen molar-refractivity contribution >= 4 is 5.78 Å². The molecule has 1 aromatic rings. The number of benzene rings is 1. The maximum atomic E-state index is 11.4. The highest BCUT2D eigenvalue weighted by Gasteiger charge is 1.97. The molecule has 0 N–H and O–H groups in total. The van der Waals surface area contributed by atoms with Crippen LogP contribution in [0.1, 0.15) is 17.3 Å². The lowest BCUT2D eigenvalue weighted by Crippen LogP contribution is -1.92. The normalized spacial score (nSPS) is 11.2. The molecule has 0 aliphatic rings. The molecule has 1 heteroatoms. The van der Waals surface area contributed by atoms with Gasteiger partial charge in [0.05, 0.1) is 0 Å². The lowest BCUT2D eigenvalue weighted by Gasteiger charge is -1.92. The summed E-state index contributed by atoms with van der Waals surface area (Å²) in [5.74, 6) is 0.0405. The zero-order valence-corrected chi connectivity index (χ0v) is 7.60. The van der Waals surface area contributed by atoms with Gasteiger partial charge in [-0.25, -0.2) is 0 Å². The van der Waals surface area contributed by atoms with Gasteiger partial charge in [0.1, 0.15) is 0 Å². The van der Waals surface area contributed by atoms with E-state index >= 15 is 0 Å². The van der Waals surface area contributed by atoms with E-state index in [4.69, 9.17) is 0 Å². The van der Waals surface area contributed by atoms with Crippen LogP contribution in [0.4, 0.5) is 0 Å². The second-order valence-electron chi connectivity index (χ2n) is 2.62. The third kappa shape index (κ3) is 3.08. The van der Waals surface area contributed by atoms with E-state index in [2.05, 4.69) is 0 Å². The molecule has 0 saturated carbocycles. The van der Waals surface area contributed by atoms with Crippen molar-refractivity contribution in [1.82, 2.24) is 0 Å². The van der Waals surface area contributed by atoms with Crippen LogP contribution in [0.3, 0.4) is 0 Å². The summed E-state index contributed by atoms with van der Waals surface area (Å²) in [4.78, 5) is 11.4. The fourth-order valence-corrected chi connectivity index (χ4v) is 0.953. The van der Waals surface area contributed by atoms with Gasteiger partial charge in [-0.1, -0.05) is 48.6 Å². The number of hydrogen-bond acceptors (Lipinski definition) is 1. The molecule has 0 aliphatic heterocycles. The number of carbonyl (C=O) groups excluding carboxylic acids is 1. The molecule has 0 radical (unpaired) electrons. The molecule has 0 saturated heterocycles. The first-order valence-electron chi connectivity index (χ1n) is 4.23. The summed E-state index contributed by atoms with van der Waals surface area (Å²) in [5.41, 5.74) is 0.725. The van der Waals surface area contributed by atoms with Gasteiger partial charge in [0.15, 0.2) is 5.78 Å². The Labute approximate surface area is 78.4 Å². The van der Waals surface area contributed by atoms with Gasteiger partial charge < -0.3 is 0 Å². The smallest absolute Gasteiger partial charge is 0.185 e. The van der Waals surface area contributed by atoms with Crippen molar-refractivity contribution in [3.63, 3.8) is 0 Å². The van der Waals surface area contributed by atoms with Gasteiger partial charge in [0.2, 0.25) is 0 Å². The van der Waals surface area contributed by atoms with Crippen LogP contribution < -0.4 is 0 Å². The van der Waals surface area contributed by atoms with E-state index in [0.29, 0.717) is 0 Å². The first-order valence-corrected chi connectivity index (χ1v) is 4.23. The van der Waals surface area contributed by atoms with Gasteiger partial charge in [0.25, 0.3) is 0 Å². The van der Waals surface area contributed by atoms with E-state index in [1.54, 1.807) is 12.2 Å². The molecule has 13 heavy (non-hydrogen) atoms. The van der Waals surface area contributed by atoms with Gasteiger partial charge in [0, 0.05) is 5.56 Å². The summed E-state index contributed by atoms with van der Waals surface area (Å²) >= 11 is 0. The number of allylic oxidation sites excluding steroid dienone is 4. The minimum absolute atomic E-state index is 0.0405. The van der Waals surface area contributed by atoms with Gasteiger partial charge in [-0.3, -0.25) is 4.79 Å². The summed E-state index contributed by atoms with van der Waals surface area (Å²) in [6.07, 6.45) is 7.03. The highest BCUT2D eigenvalue weighted by atomic mass is 16.1. The Morgan fingerprint density at radius 2 is 1.85 bits per heavy atom. The zero-order chi connectivity index (χ0) is 9.52. The molecule has 0 unspecified atom stereocenters. The van der Waals surface area contributed by atoms with Crippen LogP contribution in [0, 0.1) is 0 Å². The molecule has 0 bridgehead atoms. The summed E-state index contributed by atoms with van der Waals surface area (Å²) in [6.45, 7) is 1.91. The average molecular weight is 172 g/mol. The van der Waals surface area contributed by atoms with Crippen molar-refractivity contribution < 1.29 is 4.79 Å². The Morgan fingerprint density at radius 3 is 2.46 bits per heavy atom. The van der Waals surface area contributed by atoms with Gasteiger partial charge >= 0.3 is 0 Å². The van der Waals surface area contributed by atoms with E-state index in [1.165, 1.54) is 0 Å². The molecular weight excluding hydrogens is 160 g/mol. The van der Waals surface area contributed by atoms with Crippen molar-refractivity contribution in [3.05, 3.63) is 60.2 Å². The third-order valence-electron chi connectivity index (χ3n) is 1.61. The Balaban J connectivity index is 2.70. The number of ketones is 1. The summed E-state index contributed by atoms with van der Waals surface area (Å²) < 4.78 is 0. The van der Waals surface area contributed by atoms with E-state index in [0.717, 1.165) is 5.56 Å². The molecule has 0 aliphatic carbocycles. The molecule has 0 spiro atoms. The van der Waals surface area contributed by atoms with E-state index < -0.39 is 0 Å². The Hall–Kier alpha value is -1.63. The van der Waals surface area contributed by atoms with Crippen molar-refractivity contribution in [2.24, 2.45) is 0 Å². The van der Waals surface area contributed by atoms with Crippen molar-refractivity contribution in [2.45, 2.75) is 6.92 Å². The fraction of sp³-hybridized carbons (Fsp3) is 0.0833. The van der Waals surface area contributed by atoms with Gasteiger partial charge in [-0.05, 0) is 13.0 Å². The number of carbonyl (C=O) groups is 1. The van der Waals surface area contributed by atoms with Gasteiger partial charge in [-0.2, -0.15) is 0 Å². The molecule has 1 aromatic carbocycles. The first kappa shape index (κ1) is 9.46. The summed E-state index contributed by atoms with van der Waals surface area (Å²) in [7, 11) is 0. The topological polar surface area (TPSA) is 17.1 Å². The lowest BCUT2D eigenvalue weighted by atomic mass is 10.1. The monoisotopic (exact) mass is 172 g/mol. The van der Waals surface area contributed by atoms with Crippen LogP contribution in [0.25, 0.3) is 0 Å². The van der Waals surface area contributed by atoms with Gasteiger partial charge in [-0.15, -0.1) is 0 Å². The highest BCUT2D eigenvalue weighted by Crippen LogP contribution is 2.00. The largest absolute Gasteiger partial charge is 0.289 e. The third-order valence-corrected chi connectivity index (χ3v) is 1.61. The summed E-state index contributed by atoms with van der Waals surface area (Å²) in [6, 6.07) is 9.23. The first-order chi connectivity index (χ1) is 6.34. The number of hydrogen-bond donors (Lipinski definition) is 0. The lowest BCUT2D eigenvalue weighted by molar-refractivity contribution is 0.104. The molecule has 66 valence electrons. The second-order valence-corrected chi connectivity index (χ2v) is 2.62. The van der Waals surface area contributed by atoms with E-state index in [-0.39, 0.29) is 5.78 Å². The predicted octanol–water partition coefficient (Wildman–Crippen LogP) is 3.00. The average Bonchev–Trinajstić information content (AvgIpc) is 2.19. The molecule has 0 fully saturated rings. The Bertz CT molecular complexity index is 320. The molecule has 1 nitrogen and oxygen atoms in total. The van der Waals surface area contributed by atoms with Crippen molar-refractivity contribution in [2.75, 3.05) is 0 Å².